The summed E-state index contributed by atoms with van der Waals surface area (Å²) in [5, 5.41) is 52.8. The minimum Gasteiger partial charge on any atom is -0.497 e. The number of rotatable bonds is 6. The monoisotopic (exact) mass is 400 g/mol. The summed E-state index contributed by atoms with van der Waals surface area (Å²) in [5.74, 6) is -1.21. The molecule has 1 aromatic carbocycles. The SMILES string of the molecule is CC(C)(CO)NC1CCCCC1.O=[N+]([O-])c1cc([N+](=O)[O-])c(O)c([N+](=O)[O-])c1. The molecule has 0 heterocycles. The van der Waals surface area contributed by atoms with Gasteiger partial charge in [0.2, 0.25) is 0 Å². The van der Waals surface area contributed by atoms with E-state index in [9.17, 15) is 30.3 Å². The second-order valence-corrected chi connectivity index (χ2v) is 7.13. The Labute approximate surface area is 160 Å². The highest BCUT2D eigenvalue weighted by atomic mass is 16.6. The van der Waals surface area contributed by atoms with Crippen molar-refractivity contribution in [2.45, 2.75) is 57.5 Å². The van der Waals surface area contributed by atoms with Crippen LogP contribution in [0, 0.1) is 30.3 Å². The number of phenols is 1. The molecule has 2 rings (SSSR count). The van der Waals surface area contributed by atoms with Crippen LogP contribution in [0.4, 0.5) is 17.1 Å². The molecule has 0 spiro atoms. The zero-order valence-electron chi connectivity index (χ0n) is 15.7. The van der Waals surface area contributed by atoms with Crippen LogP contribution in [0.1, 0.15) is 46.0 Å². The molecule has 1 aliphatic rings. The van der Waals surface area contributed by atoms with Gasteiger partial charge in [-0.25, -0.2) is 0 Å². The molecule has 0 radical (unpaired) electrons. The summed E-state index contributed by atoms with van der Waals surface area (Å²) in [6.07, 6.45) is 6.64. The predicted octanol–water partition coefficient (Wildman–Crippen LogP) is 2.80. The van der Waals surface area contributed by atoms with Crippen molar-refractivity contribution in [2.24, 2.45) is 0 Å². The van der Waals surface area contributed by atoms with E-state index in [-0.39, 0.29) is 12.1 Å². The van der Waals surface area contributed by atoms with Crippen LogP contribution in [-0.4, -0.2) is 43.2 Å². The number of nitro benzene ring substituents is 3. The van der Waals surface area contributed by atoms with Gasteiger partial charge in [-0.3, -0.25) is 30.3 Å². The van der Waals surface area contributed by atoms with E-state index in [1.54, 1.807) is 0 Å². The Morgan fingerprint density at radius 1 is 1.00 bits per heavy atom. The van der Waals surface area contributed by atoms with Crippen LogP contribution in [-0.2, 0) is 0 Å². The second-order valence-electron chi connectivity index (χ2n) is 7.13. The first kappa shape index (κ1) is 23.2. The number of hydrogen-bond donors (Lipinski definition) is 3. The smallest absolute Gasteiger partial charge is 0.324 e. The van der Waals surface area contributed by atoms with Gasteiger partial charge in [0.05, 0.1) is 33.5 Å². The summed E-state index contributed by atoms with van der Waals surface area (Å²) in [7, 11) is 0. The molecule has 156 valence electrons. The summed E-state index contributed by atoms with van der Waals surface area (Å²) in [5.41, 5.74) is -3.10. The first-order chi connectivity index (χ1) is 13.0. The molecule has 0 atom stereocenters. The number of benzene rings is 1. The van der Waals surface area contributed by atoms with Crippen LogP contribution in [0.2, 0.25) is 0 Å². The van der Waals surface area contributed by atoms with E-state index in [1.165, 1.54) is 32.1 Å². The number of phenolic OH excluding ortho intramolecular Hbond substituents is 1. The quantitative estimate of drug-likeness (QED) is 0.477. The molecule has 12 heteroatoms. The first-order valence-electron chi connectivity index (χ1n) is 8.67. The fraction of sp³-hybridized carbons (Fsp3) is 0.625. The van der Waals surface area contributed by atoms with E-state index in [0.29, 0.717) is 18.2 Å². The Kier molecular flexibility index (Phi) is 8.19. The maximum atomic E-state index is 10.4. The molecule has 28 heavy (non-hydrogen) atoms. The number of aromatic hydroxyl groups is 1. The van der Waals surface area contributed by atoms with Crippen LogP contribution in [0.5, 0.6) is 5.75 Å². The van der Waals surface area contributed by atoms with Crippen molar-refractivity contribution in [1.29, 1.82) is 0 Å². The van der Waals surface area contributed by atoms with Gasteiger partial charge in [-0.05, 0) is 26.7 Å². The maximum Gasteiger partial charge on any atom is 0.324 e. The molecule has 12 nitrogen and oxygen atoms in total. The Morgan fingerprint density at radius 2 is 1.46 bits per heavy atom. The van der Waals surface area contributed by atoms with Crippen molar-refractivity contribution in [3.05, 3.63) is 42.5 Å². The Balaban J connectivity index is 0.000000292. The Morgan fingerprint density at radius 3 is 1.82 bits per heavy atom. The average Bonchev–Trinajstić information content (AvgIpc) is 2.62. The van der Waals surface area contributed by atoms with Crippen molar-refractivity contribution in [2.75, 3.05) is 6.61 Å². The summed E-state index contributed by atoms with van der Waals surface area (Å²) in [4.78, 5) is 27.8. The van der Waals surface area contributed by atoms with Gasteiger partial charge in [0, 0.05) is 11.6 Å². The standard InChI is InChI=1S/C10H21NO.C6H3N3O7/c1-10(2,8-12)11-9-6-4-3-5-7-9;10-6-4(8(13)14)1-3(7(11)12)2-5(6)9(15)16/h9,11-12H,3-8H2,1-2H3;1-2,10H. The van der Waals surface area contributed by atoms with Gasteiger partial charge in [0.15, 0.2) is 0 Å². The lowest BCUT2D eigenvalue weighted by atomic mass is 9.93. The van der Waals surface area contributed by atoms with Gasteiger partial charge in [-0.15, -0.1) is 0 Å². The van der Waals surface area contributed by atoms with E-state index in [4.69, 9.17) is 10.2 Å². The molecule has 0 aliphatic heterocycles. The molecule has 1 fully saturated rings. The van der Waals surface area contributed by atoms with Crippen LogP contribution < -0.4 is 5.32 Å². The molecule has 0 unspecified atom stereocenters. The number of hydrogen-bond acceptors (Lipinski definition) is 9. The molecular formula is C16H24N4O8. The molecular weight excluding hydrogens is 376 g/mol. The summed E-state index contributed by atoms with van der Waals surface area (Å²) < 4.78 is 0. The van der Waals surface area contributed by atoms with Crippen LogP contribution in [0.3, 0.4) is 0 Å². The third-order valence-corrected chi connectivity index (χ3v) is 4.25. The van der Waals surface area contributed by atoms with E-state index >= 15 is 0 Å². The molecule has 1 aromatic rings. The average molecular weight is 400 g/mol. The zero-order valence-corrected chi connectivity index (χ0v) is 15.7. The largest absolute Gasteiger partial charge is 0.497 e. The fourth-order valence-electron chi connectivity index (χ4n) is 2.82. The zero-order chi connectivity index (χ0) is 21.5. The van der Waals surface area contributed by atoms with Gasteiger partial charge < -0.3 is 15.5 Å². The number of aliphatic hydroxyl groups excluding tert-OH is 1. The van der Waals surface area contributed by atoms with Crippen molar-refractivity contribution < 1.29 is 25.0 Å². The molecule has 0 bridgehead atoms. The first-order valence-corrected chi connectivity index (χ1v) is 8.67. The van der Waals surface area contributed by atoms with Gasteiger partial charge in [0.1, 0.15) is 0 Å². The van der Waals surface area contributed by atoms with Crippen molar-refractivity contribution in [1.82, 2.24) is 5.32 Å². The third-order valence-electron chi connectivity index (χ3n) is 4.25. The Bertz CT molecular complexity index is 696. The lowest BCUT2D eigenvalue weighted by Gasteiger charge is -2.32. The van der Waals surface area contributed by atoms with Gasteiger partial charge in [0.25, 0.3) is 11.4 Å². The molecule has 3 N–H and O–H groups in total. The number of nitrogens with one attached hydrogen (secondary N) is 1. The normalized spacial score (nSPS) is 14.7. The molecule has 0 saturated heterocycles. The predicted molar refractivity (Wildman–Crippen MR) is 99.2 cm³/mol. The number of aliphatic hydroxyl groups is 1. The number of nitro groups is 3. The topological polar surface area (TPSA) is 182 Å². The van der Waals surface area contributed by atoms with Crippen molar-refractivity contribution in [3.8, 4) is 5.75 Å². The van der Waals surface area contributed by atoms with E-state index in [1.807, 2.05) is 0 Å². The second kappa shape index (κ2) is 9.90. The van der Waals surface area contributed by atoms with Gasteiger partial charge >= 0.3 is 11.4 Å². The lowest BCUT2D eigenvalue weighted by molar-refractivity contribution is -0.404. The van der Waals surface area contributed by atoms with Crippen molar-refractivity contribution in [3.63, 3.8) is 0 Å². The molecule has 1 saturated carbocycles. The van der Waals surface area contributed by atoms with Gasteiger partial charge in [-0.2, -0.15) is 0 Å². The van der Waals surface area contributed by atoms with Crippen LogP contribution in [0.25, 0.3) is 0 Å². The van der Waals surface area contributed by atoms with Crippen LogP contribution in [0.15, 0.2) is 12.1 Å². The highest BCUT2D eigenvalue weighted by molar-refractivity contribution is 5.64. The summed E-state index contributed by atoms with van der Waals surface area (Å²) in [6, 6.07) is 1.53. The highest BCUT2D eigenvalue weighted by Crippen LogP contribution is 2.38. The molecule has 1 aliphatic carbocycles. The molecule has 0 aromatic heterocycles. The summed E-state index contributed by atoms with van der Waals surface area (Å²) >= 11 is 0. The van der Waals surface area contributed by atoms with E-state index < -0.39 is 37.6 Å². The lowest BCUT2D eigenvalue weighted by Crippen LogP contribution is -2.49. The van der Waals surface area contributed by atoms with Crippen molar-refractivity contribution >= 4 is 17.1 Å². The fourth-order valence-corrected chi connectivity index (χ4v) is 2.82. The van der Waals surface area contributed by atoms with Gasteiger partial charge in [-0.1, -0.05) is 19.3 Å². The highest BCUT2D eigenvalue weighted by Gasteiger charge is 2.30. The van der Waals surface area contributed by atoms with Crippen LogP contribution >= 0.6 is 0 Å². The molecule has 0 amide bonds. The van der Waals surface area contributed by atoms with E-state index in [0.717, 1.165) is 0 Å². The van der Waals surface area contributed by atoms with E-state index in [2.05, 4.69) is 19.2 Å². The Hall–Kier alpha value is -2.86. The third kappa shape index (κ3) is 6.70. The number of nitrogens with zero attached hydrogens (tertiary/aromatic N) is 3. The summed E-state index contributed by atoms with van der Waals surface area (Å²) in [6.45, 7) is 4.34. The minimum absolute atomic E-state index is 0.0952. The number of non-ortho nitro benzene ring substituents is 1. The minimum atomic E-state index is -1.21. The maximum absolute atomic E-state index is 10.4.